The Morgan fingerprint density at radius 1 is 1.46 bits per heavy atom. The fourth-order valence-corrected chi connectivity index (χ4v) is 3.13. The van der Waals surface area contributed by atoms with Crippen molar-refractivity contribution in [3.8, 4) is 11.5 Å². The molecule has 7 nitrogen and oxygen atoms in total. The number of carbonyl (C=O) groups excluding carboxylic acids is 1. The quantitative estimate of drug-likeness (QED) is 0.710. The van der Waals surface area contributed by atoms with E-state index in [9.17, 15) is 4.79 Å². The maximum absolute atomic E-state index is 12.8. The molecule has 0 aromatic carbocycles. The van der Waals surface area contributed by atoms with Crippen molar-refractivity contribution in [1.82, 2.24) is 20.1 Å². The third-order valence-electron chi connectivity index (χ3n) is 4.80. The third-order valence-corrected chi connectivity index (χ3v) is 4.80. The molecule has 7 heteroatoms. The van der Waals surface area contributed by atoms with Gasteiger partial charge < -0.3 is 15.5 Å². The molecule has 1 atom stereocenters. The first-order chi connectivity index (χ1) is 12.5. The molecule has 0 radical (unpaired) electrons. The molecule has 1 saturated carbocycles. The molecule has 1 fully saturated rings. The van der Waals surface area contributed by atoms with E-state index in [2.05, 4.69) is 15.4 Å². The van der Waals surface area contributed by atoms with E-state index in [1.807, 2.05) is 24.6 Å². The zero-order valence-corrected chi connectivity index (χ0v) is 15.0. The number of amides is 1. The van der Waals surface area contributed by atoms with Gasteiger partial charge in [-0.3, -0.25) is 4.79 Å². The van der Waals surface area contributed by atoms with E-state index in [0.717, 1.165) is 18.2 Å². The Kier molecular flexibility index (Phi) is 4.24. The minimum absolute atomic E-state index is 0.0132. The highest BCUT2D eigenvalue weighted by Gasteiger charge is 2.29. The van der Waals surface area contributed by atoms with Crippen molar-refractivity contribution in [2.75, 3.05) is 6.54 Å². The molecule has 1 amide bonds. The molecule has 136 valence electrons. The van der Waals surface area contributed by atoms with Gasteiger partial charge >= 0.3 is 0 Å². The molecule has 3 aromatic rings. The Morgan fingerprint density at radius 2 is 2.27 bits per heavy atom. The number of pyridine rings is 1. The average Bonchev–Trinajstić information content (AvgIpc) is 3.16. The molecule has 1 unspecified atom stereocenters. The van der Waals surface area contributed by atoms with E-state index in [4.69, 9.17) is 10.2 Å². The van der Waals surface area contributed by atoms with Gasteiger partial charge in [-0.15, -0.1) is 0 Å². The number of nitrogens with one attached hydrogen (secondary N) is 1. The highest BCUT2D eigenvalue weighted by atomic mass is 16.3. The van der Waals surface area contributed by atoms with Crippen LogP contribution in [0.15, 0.2) is 35.1 Å². The number of hydrogen-bond acceptors (Lipinski definition) is 5. The lowest BCUT2D eigenvalue weighted by Crippen LogP contribution is -2.38. The van der Waals surface area contributed by atoms with Gasteiger partial charge in [-0.05, 0) is 50.8 Å². The number of aromatic nitrogens is 3. The van der Waals surface area contributed by atoms with Crippen LogP contribution in [0, 0.1) is 5.92 Å². The minimum atomic E-state index is -0.162. The highest BCUT2D eigenvalue weighted by molar-refractivity contribution is 6.06. The SMILES string of the molecule is CC(C)n1ncc2c(C(=O)NCC(N)C3CC3)cc(-c3ccco3)nc21. The van der Waals surface area contributed by atoms with Crippen molar-refractivity contribution in [3.63, 3.8) is 0 Å². The van der Waals surface area contributed by atoms with Gasteiger partial charge in [0, 0.05) is 18.6 Å². The fraction of sp³-hybridized carbons (Fsp3) is 0.421. The monoisotopic (exact) mass is 353 g/mol. The predicted molar refractivity (Wildman–Crippen MR) is 98.6 cm³/mol. The summed E-state index contributed by atoms with van der Waals surface area (Å²) in [5, 5.41) is 8.10. The Labute approximate surface area is 151 Å². The molecular formula is C19H23N5O2. The summed E-state index contributed by atoms with van der Waals surface area (Å²) >= 11 is 0. The van der Waals surface area contributed by atoms with Gasteiger partial charge in [0.2, 0.25) is 0 Å². The first-order valence-electron chi connectivity index (χ1n) is 9.00. The second-order valence-electron chi connectivity index (χ2n) is 7.16. The van der Waals surface area contributed by atoms with Crippen molar-refractivity contribution in [1.29, 1.82) is 0 Å². The van der Waals surface area contributed by atoms with Crippen molar-refractivity contribution in [3.05, 3.63) is 36.2 Å². The first kappa shape index (κ1) is 16.8. The maximum atomic E-state index is 12.8. The topological polar surface area (TPSA) is 99.0 Å². The average molecular weight is 353 g/mol. The summed E-state index contributed by atoms with van der Waals surface area (Å²) in [6.07, 6.45) is 5.60. The van der Waals surface area contributed by atoms with Crippen LogP contribution in [0.4, 0.5) is 0 Å². The Morgan fingerprint density at radius 3 is 2.92 bits per heavy atom. The largest absolute Gasteiger partial charge is 0.463 e. The van der Waals surface area contributed by atoms with Crippen LogP contribution in [-0.2, 0) is 0 Å². The van der Waals surface area contributed by atoms with E-state index < -0.39 is 0 Å². The van der Waals surface area contributed by atoms with Gasteiger partial charge in [0.1, 0.15) is 5.69 Å². The van der Waals surface area contributed by atoms with Crippen LogP contribution in [0.2, 0.25) is 0 Å². The number of rotatable bonds is 6. The van der Waals surface area contributed by atoms with Crippen LogP contribution < -0.4 is 11.1 Å². The minimum Gasteiger partial charge on any atom is -0.463 e. The van der Waals surface area contributed by atoms with E-state index in [1.54, 1.807) is 24.6 Å². The molecule has 1 aliphatic rings. The van der Waals surface area contributed by atoms with Crippen LogP contribution >= 0.6 is 0 Å². The van der Waals surface area contributed by atoms with Crippen LogP contribution in [0.1, 0.15) is 43.1 Å². The lowest BCUT2D eigenvalue weighted by atomic mass is 10.1. The molecule has 26 heavy (non-hydrogen) atoms. The summed E-state index contributed by atoms with van der Waals surface area (Å²) < 4.78 is 7.29. The van der Waals surface area contributed by atoms with Gasteiger partial charge in [-0.2, -0.15) is 5.10 Å². The van der Waals surface area contributed by atoms with E-state index in [1.165, 1.54) is 0 Å². The van der Waals surface area contributed by atoms with Gasteiger partial charge in [-0.1, -0.05) is 0 Å². The first-order valence-corrected chi connectivity index (χ1v) is 9.00. The van der Waals surface area contributed by atoms with E-state index in [-0.39, 0.29) is 18.0 Å². The zero-order valence-electron chi connectivity index (χ0n) is 15.0. The second kappa shape index (κ2) is 6.57. The normalized spacial score (nSPS) is 15.5. The highest BCUT2D eigenvalue weighted by Crippen LogP contribution is 2.31. The Hall–Kier alpha value is -2.67. The van der Waals surface area contributed by atoms with Crippen molar-refractivity contribution < 1.29 is 9.21 Å². The number of nitrogens with zero attached hydrogens (tertiary/aromatic N) is 3. The Bertz CT molecular complexity index is 925. The summed E-state index contributed by atoms with van der Waals surface area (Å²) in [6.45, 7) is 4.53. The summed E-state index contributed by atoms with van der Waals surface area (Å²) in [7, 11) is 0. The molecule has 0 spiro atoms. The lowest BCUT2D eigenvalue weighted by Gasteiger charge is -2.13. The summed E-state index contributed by atoms with van der Waals surface area (Å²) in [5.74, 6) is 0.992. The molecule has 1 aliphatic carbocycles. The van der Waals surface area contributed by atoms with Crippen molar-refractivity contribution in [2.45, 2.75) is 38.8 Å². The molecular weight excluding hydrogens is 330 g/mol. The molecule has 3 N–H and O–H groups in total. The van der Waals surface area contributed by atoms with Gasteiger partial charge in [0.25, 0.3) is 5.91 Å². The fourth-order valence-electron chi connectivity index (χ4n) is 3.13. The summed E-state index contributed by atoms with van der Waals surface area (Å²) in [5.41, 5.74) is 7.93. The van der Waals surface area contributed by atoms with Crippen LogP contribution in [0.5, 0.6) is 0 Å². The molecule has 4 rings (SSSR count). The number of fused-ring (bicyclic) bond motifs is 1. The second-order valence-corrected chi connectivity index (χ2v) is 7.16. The third kappa shape index (κ3) is 3.10. The maximum Gasteiger partial charge on any atom is 0.252 e. The lowest BCUT2D eigenvalue weighted by molar-refractivity contribution is 0.0952. The molecule has 0 saturated heterocycles. The van der Waals surface area contributed by atoms with Gasteiger partial charge in [-0.25, -0.2) is 9.67 Å². The van der Waals surface area contributed by atoms with Gasteiger partial charge in [0.15, 0.2) is 11.4 Å². The standard InChI is InChI=1S/C19H23N5O2/c1-11(2)24-18-14(9-22-24)13(8-16(23-18)17-4-3-7-26-17)19(25)21-10-15(20)12-5-6-12/h3-4,7-9,11-12,15H,5-6,10,20H2,1-2H3,(H,21,25). The molecule has 0 bridgehead atoms. The smallest absolute Gasteiger partial charge is 0.252 e. The van der Waals surface area contributed by atoms with Crippen LogP contribution in [0.25, 0.3) is 22.5 Å². The van der Waals surface area contributed by atoms with Crippen LogP contribution in [-0.4, -0.2) is 33.3 Å². The van der Waals surface area contributed by atoms with E-state index >= 15 is 0 Å². The number of carbonyl (C=O) groups is 1. The predicted octanol–water partition coefficient (Wildman–Crippen LogP) is 2.74. The molecule has 3 aromatic heterocycles. The van der Waals surface area contributed by atoms with Crippen LogP contribution in [0.3, 0.4) is 0 Å². The Balaban J connectivity index is 1.72. The summed E-state index contributed by atoms with van der Waals surface area (Å²) in [6, 6.07) is 5.53. The molecule has 3 heterocycles. The number of hydrogen-bond donors (Lipinski definition) is 2. The summed E-state index contributed by atoms with van der Waals surface area (Å²) in [4.78, 5) is 17.5. The van der Waals surface area contributed by atoms with Crippen molar-refractivity contribution >= 4 is 16.9 Å². The molecule has 0 aliphatic heterocycles. The number of nitrogens with two attached hydrogens (primary N) is 1. The van der Waals surface area contributed by atoms with Gasteiger partial charge in [0.05, 0.1) is 23.4 Å². The zero-order chi connectivity index (χ0) is 18.3. The van der Waals surface area contributed by atoms with Crippen molar-refractivity contribution in [2.24, 2.45) is 11.7 Å². The van der Waals surface area contributed by atoms with E-state index in [0.29, 0.717) is 35.1 Å². The number of furan rings is 1.